The van der Waals surface area contributed by atoms with Crippen molar-refractivity contribution in [3.05, 3.63) is 61.8 Å². The van der Waals surface area contributed by atoms with Crippen LogP contribution in [0.4, 0.5) is 10.1 Å². The van der Waals surface area contributed by atoms with Gasteiger partial charge < -0.3 is 5.32 Å². The van der Waals surface area contributed by atoms with E-state index in [9.17, 15) is 4.39 Å². The molecule has 2 aromatic carbocycles. The molecule has 20 heavy (non-hydrogen) atoms. The van der Waals surface area contributed by atoms with Crippen LogP contribution in [0, 0.1) is 12.7 Å². The standard InChI is InChI=1S/C15H13BrCl2FN/c1-8-3-4-10(16)5-15(8)20-9(2)11-6-14(19)13(18)7-12(11)17/h3-7,9,20H,1-2H3. The molecule has 2 rings (SSSR count). The third kappa shape index (κ3) is 3.46. The van der Waals surface area contributed by atoms with Crippen LogP contribution in [0.1, 0.15) is 24.1 Å². The zero-order valence-electron chi connectivity index (χ0n) is 11.0. The molecule has 0 heterocycles. The molecule has 0 bridgehead atoms. The number of anilines is 1. The van der Waals surface area contributed by atoms with E-state index in [2.05, 4.69) is 21.2 Å². The lowest BCUT2D eigenvalue weighted by atomic mass is 10.1. The largest absolute Gasteiger partial charge is 0.378 e. The molecule has 0 aliphatic rings. The van der Waals surface area contributed by atoms with Gasteiger partial charge in [0, 0.05) is 15.2 Å². The summed E-state index contributed by atoms with van der Waals surface area (Å²) < 4.78 is 14.6. The monoisotopic (exact) mass is 375 g/mol. The number of halogens is 4. The molecule has 0 aromatic heterocycles. The van der Waals surface area contributed by atoms with Crippen LogP contribution in [0.2, 0.25) is 10.0 Å². The zero-order chi connectivity index (χ0) is 14.9. The molecule has 0 saturated heterocycles. The fourth-order valence-corrected chi connectivity index (χ4v) is 2.84. The quantitative estimate of drug-likeness (QED) is 0.613. The van der Waals surface area contributed by atoms with Gasteiger partial charge in [-0.05, 0) is 49.2 Å². The molecule has 1 N–H and O–H groups in total. The topological polar surface area (TPSA) is 12.0 Å². The third-order valence-corrected chi connectivity index (χ3v) is 4.19. The maximum absolute atomic E-state index is 13.6. The van der Waals surface area contributed by atoms with Gasteiger partial charge >= 0.3 is 0 Å². The van der Waals surface area contributed by atoms with Crippen molar-refractivity contribution in [2.24, 2.45) is 0 Å². The van der Waals surface area contributed by atoms with E-state index in [0.717, 1.165) is 15.7 Å². The lowest BCUT2D eigenvalue weighted by Crippen LogP contribution is -2.09. The van der Waals surface area contributed by atoms with Gasteiger partial charge in [-0.3, -0.25) is 0 Å². The summed E-state index contributed by atoms with van der Waals surface area (Å²) >= 11 is 15.3. The Labute approximate surface area is 136 Å². The maximum Gasteiger partial charge on any atom is 0.142 e. The van der Waals surface area contributed by atoms with E-state index in [1.807, 2.05) is 32.0 Å². The normalized spacial score (nSPS) is 12.3. The Morgan fingerprint density at radius 1 is 1.15 bits per heavy atom. The van der Waals surface area contributed by atoms with E-state index < -0.39 is 5.82 Å². The highest BCUT2D eigenvalue weighted by Gasteiger charge is 2.14. The predicted molar refractivity (Wildman–Crippen MR) is 87.3 cm³/mol. The second-order valence-electron chi connectivity index (χ2n) is 4.61. The number of hydrogen-bond acceptors (Lipinski definition) is 1. The van der Waals surface area contributed by atoms with Crippen LogP contribution >= 0.6 is 39.1 Å². The van der Waals surface area contributed by atoms with Gasteiger partial charge in [0.15, 0.2) is 0 Å². The van der Waals surface area contributed by atoms with Crippen LogP contribution in [-0.4, -0.2) is 0 Å². The summed E-state index contributed by atoms with van der Waals surface area (Å²) in [6.45, 7) is 3.93. The zero-order valence-corrected chi connectivity index (χ0v) is 14.1. The first-order valence-electron chi connectivity index (χ1n) is 6.05. The summed E-state index contributed by atoms with van der Waals surface area (Å²) in [7, 11) is 0. The van der Waals surface area contributed by atoms with Gasteiger partial charge in [-0.15, -0.1) is 0 Å². The Morgan fingerprint density at radius 3 is 2.55 bits per heavy atom. The van der Waals surface area contributed by atoms with Crippen molar-refractivity contribution < 1.29 is 4.39 Å². The van der Waals surface area contributed by atoms with E-state index in [-0.39, 0.29) is 11.1 Å². The Kier molecular flexibility index (Phi) is 4.95. The number of nitrogens with one attached hydrogen (secondary N) is 1. The van der Waals surface area contributed by atoms with Crippen LogP contribution in [-0.2, 0) is 0 Å². The van der Waals surface area contributed by atoms with E-state index in [4.69, 9.17) is 23.2 Å². The van der Waals surface area contributed by atoms with Crippen molar-refractivity contribution in [3.8, 4) is 0 Å². The van der Waals surface area contributed by atoms with E-state index in [1.54, 1.807) is 0 Å². The third-order valence-electron chi connectivity index (χ3n) is 3.08. The van der Waals surface area contributed by atoms with Crippen molar-refractivity contribution in [2.45, 2.75) is 19.9 Å². The molecule has 106 valence electrons. The second kappa shape index (κ2) is 6.33. The summed E-state index contributed by atoms with van der Waals surface area (Å²) in [6, 6.07) is 8.62. The van der Waals surface area contributed by atoms with E-state index >= 15 is 0 Å². The molecule has 0 spiro atoms. The molecule has 0 radical (unpaired) electrons. The maximum atomic E-state index is 13.6. The SMILES string of the molecule is Cc1ccc(Br)cc1NC(C)c1cc(F)c(Cl)cc1Cl. The number of benzene rings is 2. The van der Waals surface area contributed by atoms with Crippen LogP contribution in [0.3, 0.4) is 0 Å². The molecule has 0 saturated carbocycles. The van der Waals surface area contributed by atoms with Crippen molar-refractivity contribution in [1.82, 2.24) is 0 Å². The van der Waals surface area contributed by atoms with Gasteiger partial charge in [0.2, 0.25) is 0 Å². The van der Waals surface area contributed by atoms with Gasteiger partial charge in [0.25, 0.3) is 0 Å². The first kappa shape index (κ1) is 15.6. The smallest absolute Gasteiger partial charge is 0.142 e. The Bertz CT molecular complexity index is 646. The fourth-order valence-electron chi connectivity index (χ4n) is 1.93. The van der Waals surface area contributed by atoms with E-state index in [0.29, 0.717) is 10.6 Å². The molecule has 1 unspecified atom stereocenters. The second-order valence-corrected chi connectivity index (χ2v) is 6.34. The van der Waals surface area contributed by atoms with Gasteiger partial charge in [-0.1, -0.05) is 45.2 Å². The lowest BCUT2D eigenvalue weighted by Gasteiger charge is -2.19. The Morgan fingerprint density at radius 2 is 1.85 bits per heavy atom. The first-order valence-corrected chi connectivity index (χ1v) is 7.60. The van der Waals surface area contributed by atoms with Crippen LogP contribution in [0.15, 0.2) is 34.8 Å². The van der Waals surface area contributed by atoms with E-state index in [1.165, 1.54) is 12.1 Å². The van der Waals surface area contributed by atoms with Crippen LogP contribution in [0.5, 0.6) is 0 Å². The predicted octanol–water partition coefficient (Wildman–Crippen LogP) is 6.38. The van der Waals surface area contributed by atoms with Crippen molar-refractivity contribution in [1.29, 1.82) is 0 Å². The summed E-state index contributed by atoms with van der Waals surface area (Å²) in [4.78, 5) is 0. The van der Waals surface area contributed by atoms with Gasteiger partial charge in [-0.25, -0.2) is 4.39 Å². The fraction of sp³-hybridized carbons (Fsp3) is 0.200. The number of hydrogen-bond donors (Lipinski definition) is 1. The number of rotatable bonds is 3. The average molecular weight is 377 g/mol. The minimum atomic E-state index is -0.467. The molecule has 1 atom stereocenters. The minimum absolute atomic E-state index is 0.0320. The van der Waals surface area contributed by atoms with Crippen molar-refractivity contribution in [2.75, 3.05) is 5.32 Å². The molecule has 5 heteroatoms. The van der Waals surface area contributed by atoms with Crippen LogP contribution in [0.25, 0.3) is 0 Å². The first-order chi connectivity index (χ1) is 9.38. The number of aryl methyl sites for hydroxylation is 1. The Balaban J connectivity index is 2.30. The molecule has 0 aliphatic carbocycles. The summed E-state index contributed by atoms with van der Waals surface area (Å²) in [5.41, 5.74) is 2.75. The average Bonchev–Trinajstić information content (AvgIpc) is 2.38. The van der Waals surface area contributed by atoms with Crippen molar-refractivity contribution in [3.63, 3.8) is 0 Å². The molecule has 0 amide bonds. The summed E-state index contributed by atoms with van der Waals surface area (Å²) in [6.07, 6.45) is 0. The van der Waals surface area contributed by atoms with Gasteiger partial charge in [0.1, 0.15) is 5.82 Å². The molecular formula is C15H13BrCl2FN. The van der Waals surface area contributed by atoms with Gasteiger partial charge in [0.05, 0.1) is 11.1 Å². The van der Waals surface area contributed by atoms with Crippen LogP contribution < -0.4 is 5.32 Å². The molecule has 0 aliphatic heterocycles. The molecule has 0 fully saturated rings. The summed E-state index contributed by atoms with van der Waals surface area (Å²) in [5.74, 6) is -0.467. The lowest BCUT2D eigenvalue weighted by molar-refractivity contribution is 0.624. The highest BCUT2D eigenvalue weighted by molar-refractivity contribution is 9.10. The molecule has 2 aromatic rings. The minimum Gasteiger partial charge on any atom is -0.378 e. The highest BCUT2D eigenvalue weighted by atomic mass is 79.9. The molecular weight excluding hydrogens is 364 g/mol. The highest BCUT2D eigenvalue weighted by Crippen LogP contribution is 2.31. The summed E-state index contributed by atoms with van der Waals surface area (Å²) in [5, 5.41) is 3.81. The molecule has 1 nitrogen and oxygen atoms in total. The van der Waals surface area contributed by atoms with Gasteiger partial charge in [-0.2, -0.15) is 0 Å². The van der Waals surface area contributed by atoms with Crippen molar-refractivity contribution >= 4 is 44.8 Å². The Hall–Kier alpha value is -0.770.